The molecule has 2 aromatic heterocycles. The van der Waals surface area contributed by atoms with Crippen molar-refractivity contribution in [3.8, 4) is 34.6 Å². The predicted octanol–water partition coefficient (Wildman–Crippen LogP) is 10.5. The molecule has 0 aliphatic heterocycles. The fourth-order valence-corrected chi connectivity index (χ4v) is 7.53. The van der Waals surface area contributed by atoms with Crippen LogP contribution in [0.5, 0.6) is 0 Å². The van der Waals surface area contributed by atoms with Gasteiger partial charge in [0.1, 0.15) is 0 Å². The SMILES string of the molecule is Cc1cccc(C)c1-n1c2ccccc2c2c1c(-c1cc(C#N)ccc1C#N)cc1c3ccccc3n(-c3c(C)cccc3C)c12. The number of hydrogen-bond acceptors (Lipinski definition) is 2. The zero-order chi connectivity index (χ0) is 31.7. The van der Waals surface area contributed by atoms with Gasteiger partial charge in [-0.3, -0.25) is 0 Å². The molecule has 0 fully saturated rings. The van der Waals surface area contributed by atoms with Gasteiger partial charge in [-0.25, -0.2) is 0 Å². The Bertz CT molecular complexity index is 2610. The molecule has 0 spiro atoms. The second-order valence-electron chi connectivity index (χ2n) is 12.2. The molecule has 0 N–H and O–H groups in total. The highest BCUT2D eigenvalue weighted by Crippen LogP contribution is 2.47. The summed E-state index contributed by atoms with van der Waals surface area (Å²) in [7, 11) is 0. The van der Waals surface area contributed by atoms with Crippen LogP contribution < -0.4 is 0 Å². The number of fused-ring (bicyclic) bond motifs is 7. The largest absolute Gasteiger partial charge is 0.308 e. The van der Waals surface area contributed by atoms with Crippen molar-refractivity contribution < 1.29 is 0 Å². The van der Waals surface area contributed by atoms with E-state index in [0.717, 1.165) is 71.6 Å². The minimum atomic E-state index is 0.523. The molecule has 0 aliphatic rings. The van der Waals surface area contributed by atoms with Crippen molar-refractivity contribution >= 4 is 43.6 Å². The summed E-state index contributed by atoms with van der Waals surface area (Å²) in [4.78, 5) is 0. The van der Waals surface area contributed by atoms with Crippen LogP contribution >= 0.6 is 0 Å². The molecule has 0 aliphatic carbocycles. The second kappa shape index (κ2) is 10.2. The molecule has 8 rings (SSSR count). The summed E-state index contributed by atoms with van der Waals surface area (Å²) in [5, 5.41) is 24.8. The highest BCUT2D eigenvalue weighted by atomic mass is 15.0. The Hall–Kier alpha value is -6.10. The second-order valence-corrected chi connectivity index (χ2v) is 12.2. The Morgan fingerprint density at radius 1 is 0.478 bits per heavy atom. The molecule has 2 heterocycles. The lowest BCUT2D eigenvalue weighted by Gasteiger charge is -2.18. The van der Waals surface area contributed by atoms with Crippen molar-refractivity contribution in [2.24, 2.45) is 0 Å². The number of para-hydroxylation sites is 4. The lowest BCUT2D eigenvalue weighted by molar-refractivity contribution is 1.12. The maximum atomic E-state index is 10.4. The van der Waals surface area contributed by atoms with Crippen LogP contribution in [0.15, 0.2) is 109 Å². The van der Waals surface area contributed by atoms with E-state index in [1.807, 2.05) is 6.07 Å². The lowest BCUT2D eigenvalue weighted by atomic mass is 9.93. The minimum absolute atomic E-state index is 0.523. The van der Waals surface area contributed by atoms with E-state index in [0.29, 0.717) is 11.1 Å². The molecule has 0 amide bonds. The van der Waals surface area contributed by atoms with Crippen LogP contribution in [0.2, 0.25) is 0 Å². The van der Waals surface area contributed by atoms with Crippen molar-refractivity contribution in [3.05, 3.63) is 143 Å². The molecule has 4 nitrogen and oxygen atoms in total. The number of nitriles is 2. The molecule has 218 valence electrons. The summed E-state index contributed by atoms with van der Waals surface area (Å²) < 4.78 is 4.83. The van der Waals surface area contributed by atoms with Crippen molar-refractivity contribution in [1.82, 2.24) is 9.13 Å². The van der Waals surface area contributed by atoms with Gasteiger partial charge in [0.15, 0.2) is 0 Å². The highest BCUT2D eigenvalue weighted by Gasteiger charge is 2.26. The summed E-state index contributed by atoms with van der Waals surface area (Å²) >= 11 is 0. The van der Waals surface area contributed by atoms with Crippen molar-refractivity contribution in [2.75, 3.05) is 0 Å². The molecular formula is C42H30N4. The maximum Gasteiger partial charge on any atom is 0.0998 e. The Labute approximate surface area is 267 Å². The van der Waals surface area contributed by atoms with Gasteiger partial charge in [0.05, 0.1) is 56.7 Å². The van der Waals surface area contributed by atoms with Gasteiger partial charge < -0.3 is 9.13 Å². The van der Waals surface area contributed by atoms with Gasteiger partial charge >= 0.3 is 0 Å². The molecule has 46 heavy (non-hydrogen) atoms. The molecule has 0 saturated heterocycles. The lowest BCUT2D eigenvalue weighted by Crippen LogP contribution is -2.03. The number of aryl methyl sites for hydroxylation is 4. The van der Waals surface area contributed by atoms with Crippen LogP contribution in [0.4, 0.5) is 0 Å². The zero-order valence-electron chi connectivity index (χ0n) is 26.2. The zero-order valence-corrected chi connectivity index (χ0v) is 26.2. The smallest absolute Gasteiger partial charge is 0.0998 e. The monoisotopic (exact) mass is 590 g/mol. The third kappa shape index (κ3) is 3.78. The minimum Gasteiger partial charge on any atom is -0.308 e. The molecule has 0 saturated carbocycles. The van der Waals surface area contributed by atoms with E-state index in [1.165, 1.54) is 16.8 Å². The molecule has 0 radical (unpaired) electrons. The maximum absolute atomic E-state index is 10.4. The van der Waals surface area contributed by atoms with Crippen molar-refractivity contribution in [2.45, 2.75) is 27.7 Å². The van der Waals surface area contributed by atoms with Crippen LogP contribution in [0.25, 0.3) is 66.1 Å². The summed E-state index contributed by atoms with van der Waals surface area (Å²) in [6, 6.07) is 42.5. The van der Waals surface area contributed by atoms with E-state index in [2.05, 4.69) is 140 Å². The van der Waals surface area contributed by atoms with Crippen molar-refractivity contribution in [1.29, 1.82) is 10.5 Å². The number of aromatic nitrogens is 2. The van der Waals surface area contributed by atoms with E-state index in [1.54, 1.807) is 12.1 Å². The average Bonchev–Trinajstić information content (AvgIpc) is 3.57. The van der Waals surface area contributed by atoms with E-state index >= 15 is 0 Å². The molecule has 8 aromatic rings. The molecule has 4 heteroatoms. The van der Waals surface area contributed by atoms with E-state index in [-0.39, 0.29) is 0 Å². The van der Waals surface area contributed by atoms with Gasteiger partial charge in [-0.2, -0.15) is 10.5 Å². The Morgan fingerprint density at radius 2 is 1.02 bits per heavy atom. The molecule has 0 bridgehead atoms. The van der Waals surface area contributed by atoms with E-state index in [9.17, 15) is 10.5 Å². The van der Waals surface area contributed by atoms with Gasteiger partial charge in [-0.15, -0.1) is 0 Å². The third-order valence-corrected chi connectivity index (χ3v) is 9.45. The van der Waals surface area contributed by atoms with Crippen molar-refractivity contribution in [3.63, 3.8) is 0 Å². The van der Waals surface area contributed by atoms with E-state index < -0.39 is 0 Å². The number of benzene rings is 6. The van der Waals surface area contributed by atoms with Gasteiger partial charge in [-0.1, -0.05) is 72.8 Å². The van der Waals surface area contributed by atoms with Gasteiger partial charge in [-0.05, 0) is 86.3 Å². The van der Waals surface area contributed by atoms with Crippen LogP contribution in [-0.2, 0) is 0 Å². The summed E-state index contributed by atoms with van der Waals surface area (Å²) in [6.45, 7) is 8.68. The van der Waals surface area contributed by atoms with Gasteiger partial charge in [0, 0.05) is 32.7 Å². The standard InChI is InChI=1S/C42H30N4/c1-25-11-9-12-26(2)39(25)45-36-17-7-5-15-31(36)34-22-35(33-21-29(23-43)19-20-30(33)24-44)42-38(41(34)45)32-16-6-8-18-37(32)46(42)40-27(3)13-10-14-28(40)4/h5-22H,1-4H3. The third-order valence-electron chi connectivity index (χ3n) is 9.45. The quantitative estimate of drug-likeness (QED) is 0.206. The number of rotatable bonds is 3. The summed E-state index contributed by atoms with van der Waals surface area (Å²) in [5.41, 5.74) is 14.2. The normalized spacial score (nSPS) is 11.4. The van der Waals surface area contributed by atoms with E-state index in [4.69, 9.17) is 0 Å². The fourth-order valence-electron chi connectivity index (χ4n) is 7.53. The first kappa shape index (κ1) is 27.4. The molecule has 0 unspecified atom stereocenters. The Morgan fingerprint density at radius 3 is 1.61 bits per heavy atom. The topological polar surface area (TPSA) is 57.4 Å². The van der Waals surface area contributed by atoms with Crippen LogP contribution in [0.1, 0.15) is 33.4 Å². The number of nitrogens with zero attached hydrogens (tertiary/aromatic N) is 4. The van der Waals surface area contributed by atoms with Crippen LogP contribution in [0.3, 0.4) is 0 Å². The Kier molecular flexibility index (Phi) is 6.11. The summed E-state index contributed by atoms with van der Waals surface area (Å²) in [5.74, 6) is 0. The Balaban J connectivity index is 1.74. The number of hydrogen-bond donors (Lipinski definition) is 0. The first-order chi connectivity index (χ1) is 22.4. The van der Waals surface area contributed by atoms with Gasteiger partial charge in [0.2, 0.25) is 0 Å². The molecule has 0 atom stereocenters. The summed E-state index contributed by atoms with van der Waals surface area (Å²) in [6.07, 6.45) is 0. The molecule has 6 aromatic carbocycles. The fraction of sp³-hybridized carbons (Fsp3) is 0.0952. The highest BCUT2D eigenvalue weighted by molar-refractivity contribution is 6.29. The molecular weight excluding hydrogens is 560 g/mol. The van der Waals surface area contributed by atoms with Crippen LogP contribution in [0, 0.1) is 50.4 Å². The first-order valence-corrected chi connectivity index (χ1v) is 15.5. The average molecular weight is 591 g/mol. The predicted molar refractivity (Wildman–Crippen MR) is 189 cm³/mol. The first-order valence-electron chi connectivity index (χ1n) is 15.5. The van der Waals surface area contributed by atoms with Gasteiger partial charge in [0.25, 0.3) is 0 Å². The van der Waals surface area contributed by atoms with Crippen LogP contribution in [-0.4, -0.2) is 9.13 Å².